The number of carbonyl (C=O) groups is 5. The standard InChI is InChI=1S/C16H23N3O6/c1-3-17-16(24)18-12(20)8-25-15(23)9(2)19-13(21)10-6-4-5-7-11(10)14(19)22/h9-11H,3-8H2,1-2H3,(H2,17,18,20,24)/t9-,10+,11+/m0/s1. The normalized spacial score (nSPS) is 23.7. The molecule has 2 aliphatic rings. The first-order valence-corrected chi connectivity index (χ1v) is 8.48. The first kappa shape index (κ1) is 18.9. The molecular weight excluding hydrogens is 330 g/mol. The molecule has 1 saturated carbocycles. The Morgan fingerprint density at radius 2 is 1.72 bits per heavy atom. The predicted octanol–water partition coefficient (Wildman–Crippen LogP) is -0.0610. The lowest BCUT2D eigenvalue weighted by Gasteiger charge is -2.21. The quantitative estimate of drug-likeness (QED) is 0.527. The lowest BCUT2D eigenvalue weighted by Crippen LogP contribution is -2.46. The van der Waals surface area contributed by atoms with Crippen molar-refractivity contribution in [2.75, 3.05) is 13.2 Å². The van der Waals surface area contributed by atoms with Crippen LogP contribution >= 0.6 is 0 Å². The van der Waals surface area contributed by atoms with Gasteiger partial charge in [-0.1, -0.05) is 12.8 Å². The van der Waals surface area contributed by atoms with Gasteiger partial charge in [0.05, 0.1) is 11.8 Å². The predicted molar refractivity (Wildman–Crippen MR) is 84.9 cm³/mol. The molecule has 1 saturated heterocycles. The number of carbonyl (C=O) groups excluding carboxylic acids is 5. The van der Waals surface area contributed by atoms with Crippen molar-refractivity contribution in [3.05, 3.63) is 0 Å². The van der Waals surface area contributed by atoms with Crippen molar-refractivity contribution in [3.8, 4) is 0 Å². The number of urea groups is 1. The summed E-state index contributed by atoms with van der Waals surface area (Å²) in [6.07, 6.45) is 3.10. The number of esters is 1. The van der Waals surface area contributed by atoms with E-state index in [4.69, 9.17) is 4.74 Å². The molecule has 0 bridgehead atoms. The van der Waals surface area contributed by atoms with Crippen molar-refractivity contribution in [1.82, 2.24) is 15.5 Å². The lowest BCUT2D eigenvalue weighted by atomic mass is 9.81. The highest BCUT2D eigenvalue weighted by atomic mass is 16.5. The maximum Gasteiger partial charge on any atom is 0.329 e. The van der Waals surface area contributed by atoms with E-state index in [0.717, 1.165) is 17.7 Å². The van der Waals surface area contributed by atoms with Crippen LogP contribution in [-0.4, -0.2) is 53.8 Å². The third-order valence-electron chi connectivity index (χ3n) is 4.54. The van der Waals surface area contributed by atoms with E-state index in [9.17, 15) is 24.0 Å². The molecule has 1 heterocycles. The SMILES string of the molecule is CCNC(=O)NC(=O)COC(=O)[C@H](C)N1C(=O)[C@@H]2CCCC[C@H]2C1=O. The topological polar surface area (TPSA) is 122 Å². The number of hydrogen-bond acceptors (Lipinski definition) is 6. The Morgan fingerprint density at radius 3 is 2.24 bits per heavy atom. The van der Waals surface area contributed by atoms with E-state index in [1.54, 1.807) is 6.92 Å². The molecular formula is C16H23N3O6. The second-order valence-electron chi connectivity index (χ2n) is 6.24. The highest BCUT2D eigenvalue weighted by Crippen LogP contribution is 2.38. The zero-order valence-corrected chi connectivity index (χ0v) is 14.4. The molecule has 3 atom stereocenters. The summed E-state index contributed by atoms with van der Waals surface area (Å²) in [6.45, 7) is 2.77. The van der Waals surface area contributed by atoms with E-state index in [1.807, 2.05) is 5.32 Å². The molecule has 0 aromatic heterocycles. The number of nitrogens with zero attached hydrogens (tertiary/aromatic N) is 1. The van der Waals surface area contributed by atoms with Gasteiger partial charge in [0.15, 0.2) is 6.61 Å². The summed E-state index contributed by atoms with van der Waals surface area (Å²) < 4.78 is 4.83. The van der Waals surface area contributed by atoms with Crippen molar-refractivity contribution in [3.63, 3.8) is 0 Å². The first-order valence-electron chi connectivity index (χ1n) is 8.48. The van der Waals surface area contributed by atoms with Crippen LogP contribution in [0.4, 0.5) is 4.79 Å². The van der Waals surface area contributed by atoms with Crippen LogP contribution in [0.15, 0.2) is 0 Å². The summed E-state index contributed by atoms with van der Waals surface area (Å²) in [5, 5.41) is 4.35. The molecule has 0 aromatic rings. The number of ether oxygens (including phenoxy) is 1. The minimum atomic E-state index is -1.09. The molecule has 2 N–H and O–H groups in total. The molecule has 25 heavy (non-hydrogen) atoms. The molecule has 0 unspecified atom stereocenters. The summed E-state index contributed by atoms with van der Waals surface area (Å²) in [5.74, 6) is -3.03. The Kier molecular flexibility index (Phi) is 6.11. The largest absolute Gasteiger partial charge is 0.454 e. The van der Waals surface area contributed by atoms with Crippen LogP contribution in [0.1, 0.15) is 39.5 Å². The third kappa shape index (κ3) is 4.15. The minimum Gasteiger partial charge on any atom is -0.454 e. The number of nitrogens with one attached hydrogen (secondary N) is 2. The van der Waals surface area contributed by atoms with Crippen molar-refractivity contribution in [1.29, 1.82) is 0 Å². The van der Waals surface area contributed by atoms with Gasteiger partial charge in [-0.3, -0.25) is 24.6 Å². The van der Waals surface area contributed by atoms with Gasteiger partial charge in [0.25, 0.3) is 5.91 Å². The third-order valence-corrected chi connectivity index (χ3v) is 4.54. The van der Waals surface area contributed by atoms with E-state index in [1.165, 1.54) is 6.92 Å². The van der Waals surface area contributed by atoms with Crippen LogP contribution < -0.4 is 10.6 Å². The Hall–Kier alpha value is -2.45. The molecule has 0 spiro atoms. The van der Waals surface area contributed by atoms with Crippen molar-refractivity contribution in [2.24, 2.45) is 11.8 Å². The molecule has 9 heteroatoms. The highest BCUT2D eigenvalue weighted by Gasteiger charge is 2.51. The zero-order chi connectivity index (χ0) is 18.6. The summed E-state index contributed by atoms with van der Waals surface area (Å²) in [5.41, 5.74) is 0. The second kappa shape index (κ2) is 8.09. The number of hydrogen-bond donors (Lipinski definition) is 2. The monoisotopic (exact) mass is 353 g/mol. The average Bonchev–Trinajstić information content (AvgIpc) is 2.84. The van der Waals surface area contributed by atoms with Crippen LogP contribution in [0.2, 0.25) is 0 Å². The van der Waals surface area contributed by atoms with Crippen molar-refractivity contribution < 1.29 is 28.7 Å². The van der Waals surface area contributed by atoms with Gasteiger partial charge in [0, 0.05) is 6.54 Å². The molecule has 1 aliphatic heterocycles. The van der Waals surface area contributed by atoms with Gasteiger partial charge in [-0.25, -0.2) is 9.59 Å². The molecule has 1 aliphatic carbocycles. The van der Waals surface area contributed by atoms with Crippen LogP contribution in [0.3, 0.4) is 0 Å². The molecule has 9 nitrogen and oxygen atoms in total. The molecule has 2 fully saturated rings. The maximum absolute atomic E-state index is 12.4. The zero-order valence-electron chi connectivity index (χ0n) is 14.4. The van der Waals surface area contributed by atoms with Gasteiger partial charge in [-0.15, -0.1) is 0 Å². The smallest absolute Gasteiger partial charge is 0.329 e. The van der Waals surface area contributed by atoms with Crippen molar-refractivity contribution in [2.45, 2.75) is 45.6 Å². The molecule has 138 valence electrons. The Labute approximate surface area is 145 Å². The molecule has 2 rings (SSSR count). The lowest BCUT2D eigenvalue weighted by molar-refractivity contribution is -0.159. The summed E-state index contributed by atoms with van der Waals surface area (Å²) >= 11 is 0. The van der Waals surface area contributed by atoms with Gasteiger partial charge in [-0.05, 0) is 26.7 Å². The fraction of sp³-hybridized carbons (Fsp3) is 0.688. The number of likely N-dealkylation sites (tertiary alicyclic amines) is 1. The first-order chi connectivity index (χ1) is 11.9. The number of rotatable bonds is 5. The second-order valence-corrected chi connectivity index (χ2v) is 6.24. The summed E-state index contributed by atoms with van der Waals surface area (Å²) in [6, 6.07) is -1.78. The number of amides is 5. The number of imide groups is 2. The fourth-order valence-electron chi connectivity index (χ4n) is 3.30. The Balaban J connectivity index is 1.89. The summed E-state index contributed by atoms with van der Waals surface area (Å²) in [4.78, 5) is 60.6. The summed E-state index contributed by atoms with van der Waals surface area (Å²) in [7, 11) is 0. The van der Waals surface area contributed by atoms with E-state index < -0.39 is 30.6 Å². The molecule has 0 aromatic carbocycles. The van der Waals surface area contributed by atoms with Crippen LogP contribution in [0.25, 0.3) is 0 Å². The average molecular weight is 353 g/mol. The van der Waals surface area contributed by atoms with E-state index >= 15 is 0 Å². The fourth-order valence-corrected chi connectivity index (χ4v) is 3.30. The number of fused-ring (bicyclic) bond motifs is 1. The highest BCUT2D eigenvalue weighted by molar-refractivity contribution is 6.08. The minimum absolute atomic E-state index is 0.342. The molecule has 0 radical (unpaired) electrons. The van der Waals surface area contributed by atoms with Gasteiger partial charge in [0.1, 0.15) is 6.04 Å². The Morgan fingerprint density at radius 1 is 1.16 bits per heavy atom. The van der Waals surface area contributed by atoms with Gasteiger partial charge in [0.2, 0.25) is 11.8 Å². The maximum atomic E-state index is 12.4. The van der Waals surface area contributed by atoms with Crippen molar-refractivity contribution >= 4 is 29.7 Å². The molecule has 5 amide bonds. The van der Waals surface area contributed by atoms with E-state index in [0.29, 0.717) is 19.4 Å². The van der Waals surface area contributed by atoms with Crippen LogP contribution in [0, 0.1) is 11.8 Å². The van der Waals surface area contributed by atoms with E-state index in [-0.39, 0.29) is 23.7 Å². The van der Waals surface area contributed by atoms with Crippen LogP contribution in [-0.2, 0) is 23.9 Å². The Bertz CT molecular complexity index is 566. The van der Waals surface area contributed by atoms with Gasteiger partial charge in [-0.2, -0.15) is 0 Å². The van der Waals surface area contributed by atoms with Gasteiger partial charge >= 0.3 is 12.0 Å². The van der Waals surface area contributed by atoms with Gasteiger partial charge < -0.3 is 10.1 Å². The van der Waals surface area contributed by atoms with E-state index in [2.05, 4.69) is 5.32 Å². The van der Waals surface area contributed by atoms with Crippen LogP contribution in [0.5, 0.6) is 0 Å².